The average molecular weight is 424 g/mol. The minimum Gasteiger partial charge on any atom is -0.480 e. The SMILES string of the molecule is CC(C)(C)OC(=O)NC(CCCC(N)C(=O)OC(=O)OCc1ccccc1)C(=O)O. The van der Waals surface area contributed by atoms with Gasteiger partial charge in [-0.15, -0.1) is 0 Å². The second kappa shape index (κ2) is 11.8. The molecule has 30 heavy (non-hydrogen) atoms. The van der Waals surface area contributed by atoms with E-state index in [1.165, 1.54) is 0 Å². The van der Waals surface area contributed by atoms with Gasteiger partial charge in [0.05, 0.1) is 0 Å². The maximum Gasteiger partial charge on any atom is 0.516 e. The number of carbonyl (C=O) groups is 4. The highest BCUT2D eigenvalue weighted by Crippen LogP contribution is 2.10. The zero-order valence-corrected chi connectivity index (χ0v) is 17.3. The van der Waals surface area contributed by atoms with Crippen LogP contribution in [0.1, 0.15) is 45.6 Å². The van der Waals surface area contributed by atoms with Gasteiger partial charge in [0.2, 0.25) is 0 Å². The van der Waals surface area contributed by atoms with Crippen molar-refractivity contribution in [3.05, 3.63) is 35.9 Å². The fraction of sp³-hybridized carbons (Fsp3) is 0.500. The van der Waals surface area contributed by atoms with Crippen molar-refractivity contribution in [2.75, 3.05) is 0 Å². The number of aliphatic carboxylic acids is 1. The van der Waals surface area contributed by atoms with Crippen molar-refractivity contribution >= 4 is 24.2 Å². The van der Waals surface area contributed by atoms with Gasteiger partial charge in [-0.1, -0.05) is 30.3 Å². The maximum absolute atomic E-state index is 11.9. The van der Waals surface area contributed by atoms with Crippen molar-refractivity contribution in [1.82, 2.24) is 5.32 Å². The molecular formula is C20H28N2O8. The standard InChI is InChI=1S/C20H28N2O8/c1-20(2,3)30-18(26)22-15(16(23)24)11-7-10-14(21)17(25)29-19(27)28-12-13-8-5-4-6-9-13/h4-6,8-9,14-15H,7,10-12,21H2,1-3H3,(H,22,26)(H,23,24). The van der Waals surface area contributed by atoms with Crippen molar-refractivity contribution in [1.29, 1.82) is 0 Å². The van der Waals surface area contributed by atoms with Gasteiger partial charge in [0.25, 0.3) is 0 Å². The number of nitrogens with two attached hydrogens (primary N) is 1. The summed E-state index contributed by atoms with van der Waals surface area (Å²) in [5.41, 5.74) is 5.63. The number of carboxylic acid groups (broad SMARTS) is 1. The lowest BCUT2D eigenvalue weighted by Gasteiger charge is -2.22. The van der Waals surface area contributed by atoms with Gasteiger partial charge >= 0.3 is 24.2 Å². The minimum absolute atomic E-state index is 0.00795. The van der Waals surface area contributed by atoms with Crippen LogP contribution in [0.4, 0.5) is 9.59 Å². The summed E-state index contributed by atoms with van der Waals surface area (Å²) in [5.74, 6) is -2.23. The van der Waals surface area contributed by atoms with Gasteiger partial charge in [0.1, 0.15) is 24.3 Å². The number of rotatable bonds is 9. The Morgan fingerprint density at radius 3 is 2.30 bits per heavy atom. The monoisotopic (exact) mass is 424 g/mol. The van der Waals surface area contributed by atoms with Crippen LogP contribution in [0.15, 0.2) is 30.3 Å². The van der Waals surface area contributed by atoms with Crippen molar-refractivity contribution in [2.24, 2.45) is 5.73 Å². The van der Waals surface area contributed by atoms with Crippen LogP contribution in [0.25, 0.3) is 0 Å². The van der Waals surface area contributed by atoms with Crippen molar-refractivity contribution in [3.8, 4) is 0 Å². The van der Waals surface area contributed by atoms with Gasteiger partial charge in [-0.25, -0.2) is 19.2 Å². The first-order chi connectivity index (χ1) is 14.0. The molecule has 0 fully saturated rings. The summed E-state index contributed by atoms with van der Waals surface area (Å²) in [6, 6.07) is 6.47. The van der Waals surface area contributed by atoms with Crippen molar-refractivity contribution < 1.29 is 38.5 Å². The third kappa shape index (κ3) is 10.4. The molecule has 1 aromatic carbocycles. The van der Waals surface area contributed by atoms with E-state index in [1.54, 1.807) is 45.0 Å². The number of carboxylic acids is 1. The van der Waals surface area contributed by atoms with Gasteiger partial charge in [-0.3, -0.25) is 0 Å². The van der Waals surface area contributed by atoms with Crippen LogP contribution >= 0.6 is 0 Å². The lowest BCUT2D eigenvalue weighted by molar-refractivity contribution is -0.141. The Morgan fingerprint density at radius 2 is 1.73 bits per heavy atom. The van der Waals surface area contributed by atoms with E-state index in [-0.39, 0.29) is 25.9 Å². The third-order valence-electron chi connectivity index (χ3n) is 3.68. The first-order valence-corrected chi connectivity index (χ1v) is 9.38. The molecule has 0 aromatic heterocycles. The molecule has 1 amide bonds. The topological polar surface area (TPSA) is 154 Å². The molecule has 0 saturated carbocycles. The molecule has 10 nitrogen and oxygen atoms in total. The average Bonchev–Trinajstić information content (AvgIpc) is 2.64. The van der Waals surface area contributed by atoms with Gasteiger partial charge in [0.15, 0.2) is 0 Å². The lowest BCUT2D eigenvalue weighted by atomic mass is 10.1. The van der Waals surface area contributed by atoms with Crippen LogP contribution in [0.5, 0.6) is 0 Å². The quantitative estimate of drug-likeness (QED) is 0.400. The third-order valence-corrected chi connectivity index (χ3v) is 3.68. The van der Waals surface area contributed by atoms with E-state index >= 15 is 0 Å². The van der Waals surface area contributed by atoms with E-state index in [0.29, 0.717) is 0 Å². The van der Waals surface area contributed by atoms with Crippen LogP contribution in [0.3, 0.4) is 0 Å². The van der Waals surface area contributed by atoms with Gasteiger partial charge < -0.3 is 30.4 Å². The number of ether oxygens (including phenoxy) is 3. The Hall–Kier alpha value is -3.14. The zero-order chi connectivity index (χ0) is 22.7. The van der Waals surface area contributed by atoms with E-state index in [0.717, 1.165) is 5.56 Å². The molecule has 0 saturated heterocycles. The number of nitrogens with one attached hydrogen (secondary N) is 1. The molecule has 0 heterocycles. The highest BCUT2D eigenvalue weighted by Gasteiger charge is 2.25. The van der Waals surface area contributed by atoms with E-state index in [4.69, 9.17) is 15.2 Å². The van der Waals surface area contributed by atoms with Crippen LogP contribution in [0.2, 0.25) is 0 Å². The van der Waals surface area contributed by atoms with Crippen LogP contribution in [-0.4, -0.2) is 47.0 Å². The van der Waals surface area contributed by atoms with E-state index < -0.39 is 41.9 Å². The number of hydrogen-bond donors (Lipinski definition) is 3. The highest BCUT2D eigenvalue weighted by molar-refractivity contribution is 5.85. The molecule has 0 bridgehead atoms. The fourth-order valence-electron chi connectivity index (χ4n) is 2.27. The molecule has 0 spiro atoms. The summed E-state index contributed by atoms with van der Waals surface area (Å²) in [5, 5.41) is 11.5. The van der Waals surface area contributed by atoms with E-state index in [9.17, 15) is 24.3 Å². The molecule has 0 radical (unpaired) electrons. The first kappa shape index (κ1) is 24.9. The lowest BCUT2D eigenvalue weighted by Crippen LogP contribution is -2.43. The zero-order valence-electron chi connectivity index (χ0n) is 17.3. The van der Waals surface area contributed by atoms with Crippen LogP contribution < -0.4 is 11.1 Å². The Balaban J connectivity index is 2.37. The van der Waals surface area contributed by atoms with Crippen LogP contribution in [0, 0.1) is 0 Å². The summed E-state index contributed by atoms with van der Waals surface area (Å²) < 4.78 is 14.4. The number of hydrogen-bond acceptors (Lipinski definition) is 8. The summed E-state index contributed by atoms with van der Waals surface area (Å²) in [7, 11) is 0. The minimum atomic E-state index is -1.25. The number of amides is 1. The first-order valence-electron chi connectivity index (χ1n) is 9.38. The Labute approximate surface area is 174 Å². The largest absolute Gasteiger partial charge is 0.516 e. The Bertz CT molecular complexity index is 730. The second-order valence-corrected chi connectivity index (χ2v) is 7.52. The maximum atomic E-state index is 11.9. The molecule has 10 heteroatoms. The van der Waals surface area contributed by atoms with Gasteiger partial charge in [0, 0.05) is 0 Å². The van der Waals surface area contributed by atoms with E-state index in [2.05, 4.69) is 10.1 Å². The Kier molecular flexibility index (Phi) is 9.76. The number of alkyl carbamates (subject to hydrolysis) is 1. The summed E-state index contributed by atoms with van der Waals surface area (Å²) in [6.07, 6.45) is -1.80. The molecule has 2 unspecified atom stereocenters. The highest BCUT2D eigenvalue weighted by atomic mass is 16.7. The predicted molar refractivity (Wildman–Crippen MR) is 105 cm³/mol. The number of benzene rings is 1. The van der Waals surface area contributed by atoms with Gasteiger partial charge in [-0.2, -0.15) is 0 Å². The molecule has 0 aliphatic rings. The van der Waals surface area contributed by atoms with E-state index in [1.807, 2.05) is 6.07 Å². The van der Waals surface area contributed by atoms with Gasteiger partial charge in [-0.05, 0) is 45.6 Å². The fourth-order valence-corrected chi connectivity index (χ4v) is 2.27. The molecule has 4 N–H and O–H groups in total. The molecule has 2 atom stereocenters. The molecule has 0 aliphatic heterocycles. The summed E-state index contributed by atoms with van der Waals surface area (Å²) >= 11 is 0. The van der Waals surface area contributed by atoms with Crippen LogP contribution in [-0.2, 0) is 30.4 Å². The summed E-state index contributed by atoms with van der Waals surface area (Å²) in [6.45, 7) is 4.90. The van der Waals surface area contributed by atoms with Crippen molar-refractivity contribution in [2.45, 2.75) is 64.3 Å². The molecule has 1 rings (SSSR count). The number of carbonyl (C=O) groups excluding carboxylic acids is 3. The molecular weight excluding hydrogens is 396 g/mol. The van der Waals surface area contributed by atoms with Crippen molar-refractivity contribution in [3.63, 3.8) is 0 Å². The molecule has 166 valence electrons. The number of esters is 1. The smallest absolute Gasteiger partial charge is 0.480 e. The molecule has 1 aromatic rings. The second-order valence-electron chi connectivity index (χ2n) is 7.52. The molecule has 0 aliphatic carbocycles. The predicted octanol–water partition coefficient (Wildman–Crippen LogP) is 2.34. The summed E-state index contributed by atoms with van der Waals surface area (Å²) in [4.78, 5) is 46.4. The normalized spacial score (nSPS) is 12.9. The Morgan fingerprint density at radius 1 is 1.10 bits per heavy atom.